The summed E-state index contributed by atoms with van der Waals surface area (Å²) in [5.74, 6) is 0.315. The summed E-state index contributed by atoms with van der Waals surface area (Å²) in [5.41, 5.74) is 2.63. The van der Waals surface area contributed by atoms with Gasteiger partial charge >= 0.3 is 0 Å². The van der Waals surface area contributed by atoms with Gasteiger partial charge < -0.3 is 10.2 Å². The van der Waals surface area contributed by atoms with Gasteiger partial charge in [0.1, 0.15) is 5.84 Å². The van der Waals surface area contributed by atoms with E-state index in [2.05, 4.69) is 51.8 Å². The highest BCUT2D eigenvalue weighted by Crippen LogP contribution is 2.27. The zero-order valence-corrected chi connectivity index (χ0v) is 17.8. The Morgan fingerprint density at radius 3 is 2.89 bits per heavy atom. The molecule has 2 rings (SSSR count). The van der Waals surface area contributed by atoms with Crippen LogP contribution >= 0.6 is 0 Å². The molecule has 0 amide bonds. The molecular formula is C24H38N4. The van der Waals surface area contributed by atoms with Crippen LogP contribution < -0.4 is 5.32 Å². The maximum Gasteiger partial charge on any atom is 0.119 e. The van der Waals surface area contributed by atoms with Crippen LogP contribution in [0.2, 0.25) is 0 Å². The zero-order chi connectivity index (χ0) is 20.0. The third kappa shape index (κ3) is 8.73. The number of hydrogen-bond acceptors (Lipinski definition) is 2. The Labute approximate surface area is 171 Å². The molecule has 0 aromatic heterocycles. The molecule has 1 heterocycles. The lowest BCUT2D eigenvalue weighted by Gasteiger charge is -2.34. The summed E-state index contributed by atoms with van der Waals surface area (Å²) in [7, 11) is 0. The summed E-state index contributed by atoms with van der Waals surface area (Å²) in [5, 5.41) is 10.4. The predicted octanol–water partition coefficient (Wildman–Crippen LogP) is 6.45. The second-order valence-electron chi connectivity index (χ2n) is 7.83. The monoisotopic (exact) mass is 382 g/mol. The number of hydrogen-bond donors (Lipinski definition) is 2. The SMILES string of the molecule is CC(=N)N=CN/C(C)=C/CCCCC1=CCC=CN1C1CC/C=C\CCCC1. The van der Waals surface area contributed by atoms with Gasteiger partial charge in [0.25, 0.3) is 0 Å². The first-order chi connectivity index (χ1) is 13.7. The molecule has 2 aliphatic rings. The van der Waals surface area contributed by atoms with E-state index in [1.54, 1.807) is 13.3 Å². The molecule has 0 aromatic carbocycles. The maximum absolute atomic E-state index is 7.28. The van der Waals surface area contributed by atoms with Crippen molar-refractivity contribution < 1.29 is 0 Å². The van der Waals surface area contributed by atoms with Crippen molar-refractivity contribution in [2.24, 2.45) is 4.99 Å². The topological polar surface area (TPSA) is 51.5 Å². The lowest BCUT2D eigenvalue weighted by atomic mass is 10.00. The highest BCUT2D eigenvalue weighted by atomic mass is 15.2. The van der Waals surface area contributed by atoms with Gasteiger partial charge in [0, 0.05) is 23.6 Å². The molecule has 0 radical (unpaired) electrons. The predicted molar refractivity (Wildman–Crippen MR) is 122 cm³/mol. The molecule has 1 aliphatic heterocycles. The Balaban J connectivity index is 1.76. The normalized spacial score (nSPS) is 22.4. The molecule has 0 saturated heterocycles. The number of nitrogens with one attached hydrogen (secondary N) is 2. The van der Waals surface area contributed by atoms with Gasteiger partial charge in [0.15, 0.2) is 0 Å². The second kappa shape index (κ2) is 13.1. The summed E-state index contributed by atoms with van der Waals surface area (Å²) in [6, 6.07) is 0.661. The summed E-state index contributed by atoms with van der Waals surface area (Å²) in [4.78, 5) is 6.51. The van der Waals surface area contributed by atoms with E-state index in [0.717, 1.165) is 18.5 Å². The van der Waals surface area contributed by atoms with Crippen LogP contribution in [0.3, 0.4) is 0 Å². The number of amidine groups is 1. The molecule has 1 unspecified atom stereocenters. The van der Waals surface area contributed by atoms with Crippen molar-refractivity contribution in [3.63, 3.8) is 0 Å². The van der Waals surface area contributed by atoms with Gasteiger partial charge in [-0.2, -0.15) is 0 Å². The van der Waals surface area contributed by atoms with Crippen molar-refractivity contribution in [3.8, 4) is 0 Å². The molecule has 1 atom stereocenters. The average Bonchev–Trinajstić information content (AvgIpc) is 2.82. The number of unbranched alkanes of at least 4 members (excludes halogenated alkanes) is 2. The summed E-state index contributed by atoms with van der Waals surface area (Å²) >= 11 is 0. The van der Waals surface area contributed by atoms with E-state index in [1.807, 2.05) is 6.92 Å². The van der Waals surface area contributed by atoms with Crippen LogP contribution in [0.15, 0.2) is 53.0 Å². The first-order valence-electron chi connectivity index (χ1n) is 11.0. The molecule has 0 spiro atoms. The van der Waals surface area contributed by atoms with E-state index >= 15 is 0 Å². The highest BCUT2D eigenvalue weighted by Gasteiger charge is 2.19. The first kappa shape index (κ1) is 22.2. The van der Waals surface area contributed by atoms with Crippen LogP contribution in [0.5, 0.6) is 0 Å². The molecule has 4 nitrogen and oxygen atoms in total. The zero-order valence-electron chi connectivity index (χ0n) is 17.8. The highest BCUT2D eigenvalue weighted by molar-refractivity contribution is 5.84. The fourth-order valence-electron chi connectivity index (χ4n) is 3.81. The molecule has 154 valence electrons. The van der Waals surface area contributed by atoms with Gasteiger partial charge in [0.05, 0.1) is 6.34 Å². The van der Waals surface area contributed by atoms with Crippen LogP contribution in [0.4, 0.5) is 0 Å². The van der Waals surface area contributed by atoms with E-state index in [-0.39, 0.29) is 0 Å². The third-order valence-corrected chi connectivity index (χ3v) is 5.36. The minimum absolute atomic E-state index is 0.315. The lowest BCUT2D eigenvalue weighted by Crippen LogP contribution is -2.31. The van der Waals surface area contributed by atoms with Crippen molar-refractivity contribution in [1.82, 2.24) is 10.2 Å². The van der Waals surface area contributed by atoms with Crippen LogP contribution in [0, 0.1) is 5.41 Å². The molecule has 4 heteroatoms. The van der Waals surface area contributed by atoms with Crippen molar-refractivity contribution in [3.05, 3.63) is 48.0 Å². The largest absolute Gasteiger partial charge is 0.350 e. The Morgan fingerprint density at radius 2 is 2.04 bits per heavy atom. The summed E-state index contributed by atoms with van der Waals surface area (Å²) in [6.45, 7) is 3.72. The molecule has 1 aliphatic carbocycles. The van der Waals surface area contributed by atoms with E-state index in [0.29, 0.717) is 11.9 Å². The van der Waals surface area contributed by atoms with Gasteiger partial charge in [-0.15, -0.1) is 0 Å². The molecule has 2 N–H and O–H groups in total. The second-order valence-corrected chi connectivity index (χ2v) is 7.83. The minimum Gasteiger partial charge on any atom is -0.350 e. The summed E-state index contributed by atoms with van der Waals surface area (Å²) < 4.78 is 0. The van der Waals surface area contributed by atoms with Gasteiger partial charge in [-0.1, -0.05) is 36.8 Å². The van der Waals surface area contributed by atoms with Gasteiger partial charge in [-0.05, 0) is 78.1 Å². The van der Waals surface area contributed by atoms with Crippen molar-refractivity contribution in [2.75, 3.05) is 0 Å². The van der Waals surface area contributed by atoms with E-state index < -0.39 is 0 Å². The Morgan fingerprint density at radius 1 is 1.18 bits per heavy atom. The van der Waals surface area contributed by atoms with E-state index in [9.17, 15) is 0 Å². The van der Waals surface area contributed by atoms with Gasteiger partial charge in [-0.25, -0.2) is 4.99 Å². The fourth-order valence-corrected chi connectivity index (χ4v) is 3.81. The molecule has 0 aromatic rings. The van der Waals surface area contributed by atoms with Crippen LogP contribution in [0.1, 0.15) is 84.5 Å². The molecule has 0 bridgehead atoms. The van der Waals surface area contributed by atoms with Gasteiger partial charge in [0.2, 0.25) is 0 Å². The molecule has 28 heavy (non-hydrogen) atoms. The molecular weight excluding hydrogens is 344 g/mol. The third-order valence-electron chi connectivity index (χ3n) is 5.36. The lowest BCUT2D eigenvalue weighted by molar-refractivity contribution is 0.284. The Kier molecular flexibility index (Phi) is 10.4. The van der Waals surface area contributed by atoms with Crippen LogP contribution in [0.25, 0.3) is 0 Å². The van der Waals surface area contributed by atoms with E-state index in [1.165, 1.54) is 63.5 Å². The quantitative estimate of drug-likeness (QED) is 0.219. The molecule has 0 fully saturated rings. The number of aliphatic imine (C=N–C) groups is 1. The van der Waals surface area contributed by atoms with Crippen LogP contribution in [-0.4, -0.2) is 23.1 Å². The van der Waals surface area contributed by atoms with Crippen molar-refractivity contribution in [1.29, 1.82) is 5.41 Å². The molecule has 0 saturated carbocycles. The van der Waals surface area contributed by atoms with Crippen molar-refractivity contribution in [2.45, 2.75) is 90.5 Å². The van der Waals surface area contributed by atoms with E-state index in [4.69, 9.17) is 5.41 Å². The standard InChI is InChI=1S/C24H38N4/c1-21(26-20-27-22(2)25)14-8-7-11-17-24-18-12-13-19-28(24)23-15-9-5-3-4-6-10-16-23/h3,5,13-14,18-20,23H,4,6-12,15-17H2,1-2H3,(H2,25,26,27)/b5-3-,21-14+. The summed E-state index contributed by atoms with van der Waals surface area (Å²) in [6.07, 6.45) is 29.1. The smallest absolute Gasteiger partial charge is 0.119 e. The van der Waals surface area contributed by atoms with Gasteiger partial charge in [-0.3, -0.25) is 5.41 Å². The number of rotatable bonds is 8. The van der Waals surface area contributed by atoms with Crippen molar-refractivity contribution >= 4 is 12.2 Å². The van der Waals surface area contributed by atoms with Crippen LogP contribution in [-0.2, 0) is 0 Å². The Hall–Kier alpha value is -2.10. The Bertz CT molecular complexity index is 625. The maximum atomic E-state index is 7.28. The minimum atomic E-state index is 0.315. The fraction of sp³-hybridized carbons (Fsp3) is 0.583. The first-order valence-corrected chi connectivity index (χ1v) is 11.0. The number of nitrogens with zero attached hydrogens (tertiary/aromatic N) is 2. The average molecular weight is 383 g/mol. The number of allylic oxidation sites excluding steroid dienone is 7.